The summed E-state index contributed by atoms with van der Waals surface area (Å²) in [6, 6.07) is 3.82. The standard InChI is InChI=1S/C16H23F2NO/c1-2-5-19-16(8-12-3-6-20-7-4-12)13-9-14(17)11-15(18)10-13/h9-12,16,19H,2-8H2,1H3. The molecule has 1 unspecified atom stereocenters. The second-order valence-electron chi connectivity index (χ2n) is 5.50. The fourth-order valence-electron chi connectivity index (χ4n) is 2.75. The molecule has 1 heterocycles. The summed E-state index contributed by atoms with van der Waals surface area (Å²) in [4.78, 5) is 0. The van der Waals surface area contributed by atoms with Crippen molar-refractivity contribution in [3.05, 3.63) is 35.4 Å². The quantitative estimate of drug-likeness (QED) is 0.857. The lowest BCUT2D eigenvalue weighted by Crippen LogP contribution is -2.27. The Bertz CT molecular complexity index is 399. The van der Waals surface area contributed by atoms with Crippen molar-refractivity contribution in [3.8, 4) is 0 Å². The molecule has 0 aliphatic carbocycles. The van der Waals surface area contributed by atoms with Gasteiger partial charge in [-0.1, -0.05) is 6.92 Å². The van der Waals surface area contributed by atoms with E-state index in [2.05, 4.69) is 12.2 Å². The van der Waals surface area contributed by atoms with Crippen molar-refractivity contribution in [2.45, 2.75) is 38.6 Å². The van der Waals surface area contributed by atoms with Crippen LogP contribution in [0.5, 0.6) is 0 Å². The second kappa shape index (κ2) is 7.70. The zero-order chi connectivity index (χ0) is 14.4. The van der Waals surface area contributed by atoms with Gasteiger partial charge in [-0.3, -0.25) is 0 Å². The van der Waals surface area contributed by atoms with E-state index >= 15 is 0 Å². The van der Waals surface area contributed by atoms with Gasteiger partial charge < -0.3 is 10.1 Å². The molecule has 0 radical (unpaired) electrons. The van der Waals surface area contributed by atoms with Crippen LogP contribution in [-0.2, 0) is 4.74 Å². The molecule has 2 rings (SSSR count). The van der Waals surface area contributed by atoms with E-state index in [0.29, 0.717) is 11.5 Å². The third-order valence-electron chi connectivity index (χ3n) is 3.84. The fourth-order valence-corrected chi connectivity index (χ4v) is 2.75. The molecule has 0 amide bonds. The third kappa shape index (κ3) is 4.53. The lowest BCUT2D eigenvalue weighted by atomic mass is 9.89. The Balaban J connectivity index is 2.08. The Morgan fingerprint density at radius 1 is 1.20 bits per heavy atom. The highest BCUT2D eigenvalue weighted by Crippen LogP contribution is 2.28. The Morgan fingerprint density at radius 3 is 2.45 bits per heavy atom. The maximum Gasteiger partial charge on any atom is 0.126 e. The van der Waals surface area contributed by atoms with Gasteiger partial charge in [0.2, 0.25) is 0 Å². The molecule has 1 aromatic rings. The van der Waals surface area contributed by atoms with E-state index in [0.717, 1.165) is 51.5 Å². The minimum atomic E-state index is -0.504. The zero-order valence-corrected chi connectivity index (χ0v) is 12.0. The highest BCUT2D eigenvalue weighted by Gasteiger charge is 2.21. The molecule has 0 saturated carbocycles. The summed E-state index contributed by atoms with van der Waals surface area (Å²) in [6.45, 7) is 4.53. The van der Waals surface area contributed by atoms with Crippen molar-refractivity contribution >= 4 is 0 Å². The van der Waals surface area contributed by atoms with Crippen LogP contribution in [0.1, 0.15) is 44.2 Å². The van der Waals surface area contributed by atoms with Crippen LogP contribution in [-0.4, -0.2) is 19.8 Å². The fraction of sp³-hybridized carbons (Fsp3) is 0.625. The van der Waals surface area contributed by atoms with Gasteiger partial charge >= 0.3 is 0 Å². The Labute approximate surface area is 119 Å². The molecule has 1 aliphatic rings. The van der Waals surface area contributed by atoms with Gasteiger partial charge in [-0.15, -0.1) is 0 Å². The highest BCUT2D eigenvalue weighted by molar-refractivity contribution is 5.21. The van der Waals surface area contributed by atoms with Gasteiger partial charge in [0.15, 0.2) is 0 Å². The number of hydrogen-bond acceptors (Lipinski definition) is 2. The largest absolute Gasteiger partial charge is 0.381 e. The second-order valence-corrected chi connectivity index (χ2v) is 5.50. The van der Waals surface area contributed by atoms with Gasteiger partial charge in [0.25, 0.3) is 0 Å². The molecule has 1 aromatic carbocycles. The van der Waals surface area contributed by atoms with Crippen molar-refractivity contribution in [3.63, 3.8) is 0 Å². The molecular weight excluding hydrogens is 260 g/mol. The molecule has 2 nitrogen and oxygen atoms in total. The molecular formula is C16H23F2NO. The third-order valence-corrected chi connectivity index (χ3v) is 3.84. The van der Waals surface area contributed by atoms with E-state index in [1.807, 2.05) is 0 Å². The monoisotopic (exact) mass is 283 g/mol. The van der Waals surface area contributed by atoms with Crippen LogP contribution in [0, 0.1) is 17.6 Å². The number of benzene rings is 1. The van der Waals surface area contributed by atoms with Crippen LogP contribution in [0.4, 0.5) is 8.78 Å². The topological polar surface area (TPSA) is 21.3 Å². The summed E-state index contributed by atoms with van der Waals surface area (Å²) in [5.41, 5.74) is 0.711. The van der Waals surface area contributed by atoms with Crippen LogP contribution in [0.2, 0.25) is 0 Å². The molecule has 1 saturated heterocycles. The van der Waals surface area contributed by atoms with E-state index in [9.17, 15) is 8.78 Å². The summed E-state index contributed by atoms with van der Waals surface area (Å²) in [6.07, 6.45) is 3.97. The Hall–Kier alpha value is -1.00. The lowest BCUT2D eigenvalue weighted by molar-refractivity contribution is 0.0605. The van der Waals surface area contributed by atoms with E-state index in [1.54, 1.807) is 0 Å². The first-order valence-corrected chi connectivity index (χ1v) is 7.46. The molecule has 1 fully saturated rings. The molecule has 1 aliphatic heterocycles. The maximum atomic E-state index is 13.4. The molecule has 112 valence electrons. The van der Waals surface area contributed by atoms with Crippen LogP contribution < -0.4 is 5.32 Å². The first kappa shape index (κ1) is 15.4. The average molecular weight is 283 g/mol. The van der Waals surface area contributed by atoms with Crippen molar-refractivity contribution in [1.82, 2.24) is 5.32 Å². The Kier molecular flexibility index (Phi) is 5.92. The summed E-state index contributed by atoms with van der Waals surface area (Å²) >= 11 is 0. The van der Waals surface area contributed by atoms with Gasteiger partial charge in [-0.2, -0.15) is 0 Å². The minimum Gasteiger partial charge on any atom is -0.381 e. The number of halogens is 2. The smallest absolute Gasteiger partial charge is 0.126 e. The van der Waals surface area contributed by atoms with Gasteiger partial charge in [0, 0.05) is 25.3 Å². The summed E-state index contributed by atoms with van der Waals surface area (Å²) in [7, 11) is 0. The molecule has 0 bridgehead atoms. The van der Waals surface area contributed by atoms with E-state index in [-0.39, 0.29) is 6.04 Å². The number of hydrogen-bond donors (Lipinski definition) is 1. The van der Waals surface area contributed by atoms with E-state index in [1.165, 1.54) is 12.1 Å². The maximum absolute atomic E-state index is 13.4. The van der Waals surface area contributed by atoms with Crippen molar-refractivity contribution < 1.29 is 13.5 Å². The van der Waals surface area contributed by atoms with E-state index in [4.69, 9.17) is 4.74 Å². The summed E-state index contributed by atoms with van der Waals surface area (Å²) in [5.74, 6) is -0.449. The molecule has 1 N–H and O–H groups in total. The van der Waals surface area contributed by atoms with Crippen LogP contribution in [0.25, 0.3) is 0 Å². The SMILES string of the molecule is CCCNC(CC1CCOCC1)c1cc(F)cc(F)c1. The summed E-state index contributed by atoms with van der Waals surface area (Å²) < 4.78 is 32.2. The number of nitrogens with one attached hydrogen (secondary N) is 1. The van der Waals surface area contributed by atoms with Crippen molar-refractivity contribution in [2.24, 2.45) is 5.92 Å². The first-order chi connectivity index (χ1) is 9.69. The molecule has 0 aromatic heterocycles. The predicted molar refractivity (Wildman–Crippen MR) is 75.6 cm³/mol. The summed E-state index contributed by atoms with van der Waals surface area (Å²) in [5, 5.41) is 3.41. The molecule has 1 atom stereocenters. The predicted octanol–water partition coefficient (Wildman–Crippen LogP) is 3.82. The molecule has 4 heteroatoms. The van der Waals surface area contributed by atoms with Crippen molar-refractivity contribution in [1.29, 1.82) is 0 Å². The van der Waals surface area contributed by atoms with Gasteiger partial charge in [-0.05, 0) is 55.8 Å². The van der Waals surface area contributed by atoms with Crippen molar-refractivity contribution in [2.75, 3.05) is 19.8 Å². The molecule has 0 spiro atoms. The van der Waals surface area contributed by atoms with Crippen LogP contribution >= 0.6 is 0 Å². The van der Waals surface area contributed by atoms with E-state index < -0.39 is 11.6 Å². The van der Waals surface area contributed by atoms with Crippen LogP contribution in [0.15, 0.2) is 18.2 Å². The molecule has 20 heavy (non-hydrogen) atoms. The normalized spacial score (nSPS) is 18.1. The first-order valence-electron chi connectivity index (χ1n) is 7.46. The lowest BCUT2D eigenvalue weighted by Gasteiger charge is -2.27. The van der Waals surface area contributed by atoms with Crippen LogP contribution in [0.3, 0.4) is 0 Å². The van der Waals surface area contributed by atoms with Gasteiger partial charge in [0.05, 0.1) is 0 Å². The minimum absolute atomic E-state index is 0.0169. The zero-order valence-electron chi connectivity index (χ0n) is 12.0. The average Bonchev–Trinajstić information content (AvgIpc) is 2.43. The van der Waals surface area contributed by atoms with Gasteiger partial charge in [-0.25, -0.2) is 8.78 Å². The highest BCUT2D eigenvalue weighted by atomic mass is 19.1. The number of rotatable bonds is 6. The Morgan fingerprint density at radius 2 is 1.85 bits per heavy atom. The number of ether oxygens (including phenoxy) is 1. The van der Waals surface area contributed by atoms with Gasteiger partial charge in [0.1, 0.15) is 11.6 Å².